The first kappa shape index (κ1) is 23.8. The first-order valence-electron chi connectivity index (χ1n) is 10.0. The Bertz CT molecular complexity index is 1150. The van der Waals surface area contributed by atoms with Gasteiger partial charge in [-0.3, -0.25) is 20.2 Å². The van der Waals surface area contributed by atoms with Crippen molar-refractivity contribution in [3.63, 3.8) is 0 Å². The van der Waals surface area contributed by atoms with Gasteiger partial charge in [0.05, 0.1) is 23.8 Å². The van der Waals surface area contributed by atoms with E-state index in [1.54, 1.807) is 19.1 Å². The number of nitro groups is 1. The molecule has 1 aromatic heterocycles. The van der Waals surface area contributed by atoms with E-state index in [1.807, 2.05) is 18.2 Å². The van der Waals surface area contributed by atoms with Crippen LogP contribution in [0, 0.1) is 10.1 Å². The summed E-state index contributed by atoms with van der Waals surface area (Å²) < 4.78 is 10.0. The Morgan fingerprint density at radius 1 is 1.18 bits per heavy atom. The number of methoxy groups -OCH3 is 1. The standard InChI is InChI=1S/C22H22N4O6S/c1-3-32-21(28)19-18(14-7-5-4-6-8-14)24-22(33-19)25-20(27)15-9-10-16(23-11-12-31-2)17(13-15)26(29)30/h4-10,13,23H,3,11-12H2,1-2H3,(H,24,25,27). The van der Waals surface area contributed by atoms with Crippen LogP contribution in [0.4, 0.5) is 16.5 Å². The smallest absolute Gasteiger partial charge is 0.350 e. The summed E-state index contributed by atoms with van der Waals surface area (Å²) >= 11 is 0.975. The van der Waals surface area contributed by atoms with Crippen LogP contribution in [0.5, 0.6) is 0 Å². The fraction of sp³-hybridized carbons (Fsp3) is 0.227. The van der Waals surface area contributed by atoms with Crippen molar-refractivity contribution >= 4 is 39.7 Å². The summed E-state index contributed by atoms with van der Waals surface area (Å²) in [5, 5.41) is 17.2. The van der Waals surface area contributed by atoms with Crippen LogP contribution in [0.1, 0.15) is 27.0 Å². The molecule has 0 radical (unpaired) electrons. The molecule has 2 N–H and O–H groups in total. The van der Waals surface area contributed by atoms with Gasteiger partial charge < -0.3 is 14.8 Å². The van der Waals surface area contributed by atoms with Gasteiger partial charge in [0.2, 0.25) is 0 Å². The van der Waals surface area contributed by atoms with Crippen molar-refractivity contribution in [3.05, 3.63) is 69.1 Å². The number of rotatable bonds is 10. The molecular weight excluding hydrogens is 448 g/mol. The Morgan fingerprint density at radius 3 is 2.61 bits per heavy atom. The van der Waals surface area contributed by atoms with Gasteiger partial charge in [-0.2, -0.15) is 0 Å². The summed E-state index contributed by atoms with van der Waals surface area (Å²) in [5.41, 5.74) is 1.19. The van der Waals surface area contributed by atoms with Gasteiger partial charge in [-0.15, -0.1) is 0 Å². The lowest BCUT2D eigenvalue weighted by Gasteiger charge is -2.08. The van der Waals surface area contributed by atoms with Crippen molar-refractivity contribution in [1.82, 2.24) is 4.98 Å². The van der Waals surface area contributed by atoms with E-state index < -0.39 is 16.8 Å². The van der Waals surface area contributed by atoms with E-state index in [2.05, 4.69) is 15.6 Å². The summed E-state index contributed by atoms with van der Waals surface area (Å²) in [6.45, 7) is 2.64. The van der Waals surface area contributed by atoms with E-state index in [0.29, 0.717) is 24.4 Å². The minimum absolute atomic E-state index is 0.0770. The Labute approximate surface area is 193 Å². The zero-order valence-corrected chi connectivity index (χ0v) is 18.8. The molecule has 0 fully saturated rings. The lowest BCUT2D eigenvalue weighted by atomic mass is 10.1. The van der Waals surface area contributed by atoms with Gasteiger partial charge in [-0.25, -0.2) is 9.78 Å². The molecule has 10 nitrogen and oxygen atoms in total. The van der Waals surface area contributed by atoms with Gasteiger partial charge in [-0.1, -0.05) is 41.7 Å². The van der Waals surface area contributed by atoms with Crippen LogP contribution in [-0.4, -0.2) is 48.7 Å². The fourth-order valence-electron chi connectivity index (χ4n) is 2.93. The van der Waals surface area contributed by atoms with E-state index >= 15 is 0 Å². The van der Waals surface area contributed by atoms with E-state index in [4.69, 9.17) is 9.47 Å². The maximum Gasteiger partial charge on any atom is 0.350 e. The molecular formula is C22H22N4O6S. The van der Waals surface area contributed by atoms with Crippen LogP contribution < -0.4 is 10.6 Å². The molecule has 3 rings (SSSR count). The summed E-state index contributed by atoms with van der Waals surface area (Å²) in [7, 11) is 1.53. The minimum atomic E-state index is -0.592. The van der Waals surface area contributed by atoms with Crippen molar-refractivity contribution in [3.8, 4) is 11.3 Å². The number of nitro benzene ring substituents is 1. The van der Waals surface area contributed by atoms with E-state index in [1.165, 1.54) is 25.3 Å². The van der Waals surface area contributed by atoms with Gasteiger partial charge in [-0.05, 0) is 19.1 Å². The number of amides is 1. The van der Waals surface area contributed by atoms with Crippen LogP contribution in [0.25, 0.3) is 11.3 Å². The number of ether oxygens (including phenoxy) is 2. The first-order valence-corrected chi connectivity index (χ1v) is 10.8. The van der Waals surface area contributed by atoms with Crippen LogP contribution in [0.2, 0.25) is 0 Å². The maximum atomic E-state index is 12.8. The second-order valence-electron chi connectivity index (χ2n) is 6.65. The normalized spacial score (nSPS) is 10.5. The Kier molecular flexibility index (Phi) is 8.06. The summed E-state index contributed by atoms with van der Waals surface area (Å²) in [6, 6.07) is 13.2. The number of thiazole rings is 1. The Hall–Kier alpha value is -3.83. The van der Waals surface area contributed by atoms with Crippen molar-refractivity contribution in [2.45, 2.75) is 6.92 Å². The van der Waals surface area contributed by atoms with E-state index in [0.717, 1.165) is 11.3 Å². The van der Waals surface area contributed by atoms with Gasteiger partial charge in [0.25, 0.3) is 11.6 Å². The number of carbonyl (C=O) groups is 2. The van der Waals surface area contributed by atoms with E-state index in [9.17, 15) is 19.7 Å². The number of carbonyl (C=O) groups excluding carboxylic acids is 2. The highest BCUT2D eigenvalue weighted by molar-refractivity contribution is 7.18. The molecule has 172 valence electrons. The molecule has 3 aromatic rings. The molecule has 0 aliphatic carbocycles. The number of nitrogens with one attached hydrogen (secondary N) is 2. The van der Waals surface area contributed by atoms with E-state index in [-0.39, 0.29) is 33.6 Å². The Balaban J connectivity index is 1.87. The predicted octanol–water partition coefficient (Wildman–Crippen LogP) is 4.21. The fourth-order valence-corrected chi connectivity index (χ4v) is 3.81. The molecule has 0 saturated heterocycles. The van der Waals surface area contributed by atoms with Crippen molar-refractivity contribution in [2.24, 2.45) is 0 Å². The summed E-state index contributed by atoms with van der Waals surface area (Å²) in [6.07, 6.45) is 0. The molecule has 0 atom stereocenters. The molecule has 0 aliphatic rings. The largest absolute Gasteiger partial charge is 0.462 e. The van der Waals surface area contributed by atoms with Gasteiger partial charge in [0, 0.05) is 30.8 Å². The second-order valence-corrected chi connectivity index (χ2v) is 7.65. The number of anilines is 2. The summed E-state index contributed by atoms with van der Waals surface area (Å²) in [5.74, 6) is -1.14. The van der Waals surface area contributed by atoms with Crippen LogP contribution in [-0.2, 0) is 9.47 Å². The highest BCUT2D eigenvalue weighted by atomic mass is 32.1. The highest BCUT2D eigenvalue weighted by Gasteiger charge is 2.23. The molecule has 1 heterocycles. The molecule has 0 saturated carbocycles. The highest BCUT2D eigenvalue weighted by Crippen LogP contribution is 2.32. The number of nitrogens with zero attached hydrogens (tertiary/aromatic N) is 2. The lowest BCUT2D eigenvalue weighted by Crippen LogP contribution is -2.13. The third-order valence-corrected chi connectivity index (χ3v) is 5.38. The van der Waals surface area contributed by atoms with Crippen LogP contribution in [0.15, 0.2) is 48.5 Å². The SMILES string of the molecule is CCOC(=O)c1sc(NC(=O)c2ccc(NCCOC)c([N+](=O)[O-])c2)nc1-c1ccccc1. The number of esters is 1. The topological polar surface area (TPSA) is 133 Å². The number of benzene rings is 2. The van der Waals surface area contributed by atoms with Gasteiger partial charge >= 0.3 is 5.97 Å². The molecule has 33 heavy (non-hydrogen) atoms. The molecule has 11 heteroatoms. The zero-order chi connectivity index (χ0) is 23.8. The second kappa shape index (κ2) is 11.2. The average molecular weight is 471 g/mol. The summed E-state index contributed by atoms with van der Waals surface area (Å²) in [4.78, 5) is 40.8. The van der Waals surface area contributed by atoms with Crippen molar-refractivity contribution < 1.29 is 24.0 Å². The van der Waals surface area contributed by atoms with Gasteiger partial charge in [0.1, 0.15) is 10.6 Å². The monoisotopic (exact) mass is 470 g/mol. The third kappa shape index (κ3) is 5.90. The average Bonchev–Trinajstić information content (AvgIpc) is 3.24. The van der Waals surface area contributed by atoms with Gasteiger partial charge in [0.15, 0.2) is 5.13 Å². The molecule has 0 unspecified atom stereocenters. The number of hydrogen-bond donors (Lipinski definition) is 2. The Morgan fingerprint density at radius 2 is 1.94 bits per heavy atom. The molecule has 0 aliphatic heterocycles. The van der Waals surface area contributed by atoms with Crippen LogP contribution >= 0.6 is 11.3 Å². The lowest BCUT2D eigenvalue weighted by molar-refractivity contribution is -0.384. The zero-order valence-electron chi connectivity index (χ0n) is 18.0. The van der Waals surface area contributed by atoms with Crippen molar-refractivity contribution in [1.29, 1.82) is 0 Å². The number of aromatic nitrogens is 1. The molecule has 1 amide bonds. The minimum Gasteiger partial charge on any atom is -0.462 e. The van der Waals surface area contributed by atoms with Crippen molar-refractivity contribution in [2.75, 3.05) is 37.5 Å². The van der Waals surface area contributed by atoms with Crippen LogP contribution in [0.3, 0.4) is 0 Å². The first-order chi connectivity index (χ1) is 15.9. The molecule has 0 bridgehead atoms. The maximum absolute atomic E-state index is 12.8. The third-order valence-electron chi connectivity index (χ3n) is 4.43. The number of hydrogen-bond acceptors (Lipinski definition) is 9. The molecule has 2 aromatic carbocycles. The quantitative estimate of drug-likeness (QED) is 0.195. The predicted molar refractivity (Wildman–Crippen MR) is 125 cm³/mol. The molecule has 0 spiro atoms.